The first-order chi connectivity index (χ1) is 26.2. The van der Waals surface area contributed by atoms with E-state index in [-0.39, 0.29) is 225 Å². The van der Waals surface area contributed by atoms with Gasteiger partial charge in [0, 0.05) is 44.8 Å². The Morgan fingerprint density at radius 2 is 0.607 bits per heavy atom. The standard InChI is InChI=1S/C32H16N8O12S4.Cu.4Na/c41-53(42,43)13-1-5-17-21(9-13)29-34-25(17)33-26-18-6-2-14(54(44,45)46)10-22(18)30(35-26)37-28-20-8-4-16(56(50,51)52)12-24(20)32(39-28)40-31-23-11-15(55(47,48)49)3-7-19(23)27(36-29)38-31;;;;;/h1-12H,(H4-2,33,34,35,36,37,38,39,40,41,42,43,44,45,46,47,48,49,50,51,52);;;;;/q-2;+2;4*+1/p-4. The maximum Gasteiger partial charge on any atom is 2.00 e. The van der Waals surface area contributed by atoms with Gasteiger partial charge >= 0.3 is 135 Å². The molecule has 2 aliphatic rings. The van der Waals surface area contributed by atoms with Crippen LogP contribution >= 0.6 is 0 Å². The van der Waals surface area contributed by atoms with E-state index in [4.69, 9.17) is 0 Å². The van der Waals surface area contributed by atoms with Crippen molar-refractivity contribution in [3.05, 3.63) is 72.8 Å². The third-order valence-electron chi connectivity index (χ3n) is 8.74. The van der Waals surface area contributed by atoms with Crippen LogP contribution < -0.4 is 128 Å². The molecule has 0 N–H and O–H groups in total. The number of hydrogen-bond donors (Lipinski definition) is 0. The van der Waals surface area contributed by atoms with Crippen LogP contribution in [-0.2, 0) is 57.5 Å². The molecule has 1 radical (unpaired) electrons. The van der Waals surface area contributed by atoms with Gasteiger partial charge in [-0.05, 0) is 70.1 Å². The third kappa shape index (κ3) is 9.70. The molecule has 0 spiro atoms. The van der Waals surface area contributed by atoms with Crippen molar-refractivity contribution in [1.82, 2.24) is 39.9 Å². The van der Waals surface area contributed by atoms with Gasteiger partial charge in [0.1, 0.15) is 40.5 Å². The minimum atomic E-state index is -5.04. The molecule has 0 unspecified atom stereocenters. The first-order valence-electron chi connectivity index (χ1n) is 15.3. The monoisotopic (exact) mass is 983 g/mol. The summed E-state index contributed by atoms with van der Waals surface area (Å²) in [6.07, 6.45) is 0. The predicted octanol–water partition coefficient (Wildman–Crippen LogP) is -10.2. The molecule has 5 heterocycles. The topological polar surface area (TPSA) is 334 Å². The summed E-state index contributed by atoms with van der Waals surface area (Å²) in [7, 11) is -20.1. The van der Waals surface area contributed by atoms with Crippen LogP contribution in [0.3, 0.4) is 0 Å². The average Bonchev–Trinajstić information content (AvgIpc) is 3.84. The van der Waals surface area contributed by atoms with E-state index >= 15 is 0 Å². The molecule has 0 atom stereocenters. The second-order valence-corrected chi connectivity index (χ2v) is 17.6. The number of nitrogens with zero attached hydrogens (tertiary/aromatic N) is 8. The zero-order valence-electron chi connectivity index (χ0n) is 31.3. The van der Waals surface area contributed by atoms with Crippen molar-refractivity contribution in [2.75, 3.05) is 0 Å². The van der Waals surface area contributed by atoms with E-state index in [0.717, 1.165) is 48.5 Å². The van der Waals surface area contributed by atoms with Gasteiger partial charge in [-0.2, -0.15) is 0 Å². The van der Waals surface area contributed by atoms with Crippen LogP contribution in [0, 0.1) is 0 Å². The fourth-order valence-electron chi connectivity index (χ4n) is 6.20. The number of aromatic nitrogens is 8. The predicted molar refractivity (Wildman–Crippen MR) is 186 cm³/mol. The zero-order chi connectivity index (χ0) is 39.7. The molecule has 61 heavy (non-hydrogen) atoms. The van der Waals surface area contributed by atoms with Crippen LogP contribution in [0.4, 0.5) is 0 Å². The van der Waals surface area contributed by atoms with Crippen LogP contribution in [-0.4, -0.2) is 81.8 Å². The molecular weight excluding hydrogens is 972 g/mol. The van der Waals surface area contributed by atoms with Crippen molar-refractivity contribution in [2.24, 2.45) is 0 Å². The van der Waals surface area contributed by atoms with E-state index in [0.29, 0.717) is 0 Å². The molecule has 4 aromatic carbocycles. The Morgan fingerprint density at radius 3 is 0.918 bits per heavy atom. The normalized spacial score (nSPS) is 12.1. The molecule has 0 saturated carbocycles. The van der Waals surface area contributed by atoms with E-state index < -0.39 is 60.1 Å². The van der Waals surface area contributed by atoms with E-state index in [2.05, 4.69) is 39.9 Å². The van der Waals surface area contributed by atoms with Gasteiger partial charge in [-0.3, -0.25) is 0 Å². The van der Waals surface area contributed by atoms with Gasteiger partial charge in [0.05, 0.1) is 42.9 Å². The van der Waals surface area contributed by atoms with E-state index in [1.165, 1.54) is 24.3 Å². The maximum atomic E-state index is 12.1. The van der Waals surface area contributed by atoms with Crippen LogP contribution in [0.5, 0.6) is 0 Å². The second-order valence-electron chi connectivity index (χ2n) is 12.1. The molecule has 2 aliphatic heterocycles. The van der Waals surface area contributed by atoms with E-state index in [9.17, 15) is 51.9 Å². The Balaban J connectivity index is 0.00000164. The summed E-state index contributed by atoms with van der Waals surface area (Å²) in [6, 6.07) is 12.9. The summed E-state index contributed by atoms with van der Waals surface area (Å²) in [4.78, 5) is 33.1. The van der Waals surface area contributed by atoms with E-state index in [1.807, 2.05) is 0 Å². The van der Waals surface area contributed by atoms with Crippen molar-refractivity contribution in [3.63, 3.8) is 0 Å². The van der Waals surface area contributed by atoms with Gasteiger partial charge in [0.25, 0.3) is 0 Å². The zero-order valence-corrected chi connectivity index (χ0v) is 43.5. The fourth-order valence-corrected chi connectivity index (χ4v) is 8.19. The summed E-state index contributed by atoms with van der Waals surface area (Å²) >= 11 is 0. The Hall–Kier alpha value is -1.60. The van der Waals surface area contributed by atoms with Crippen molar-refractivity contribution in [1.29, 1.82) is 0 Å². The van der Waals surface area contributed by atoms with Crippen molar-refractivity contribution < 1.29 is 187 Å². The molecule has 3 aromatic heterocycles. The van der Waals surface area contributed by atoms with Crippen molar-refractivity contribution >= 4 is 84.6 Å². The van der Waals surface area contributed by atoms with Crippen molar-refractivity contribution in [2.45, 2.75) is 19.6 Å². The summed E-state index contributed by atoms with van der Waals surface area (Å²) in [5.74, 6) is -0.882. The van der Waals surface area contributed by atoms with E-state index in [1.54, 1.807) is 0 Å². The van der Waals surface area contributed by atoms with Gasteiger partial charge < -0.3 is 48.1 Å². The quantitative estimate of drug-likeness (QED) is 0.117. The van der Waals surface area contributed by atoms with Gasteiger partial charge in [-0.25, -0.2) is 43.6 Å². The Bertz CT molecular complexity index is 3640. The first-order valence-corrected chi connectivity index (χ1v) is 21.0. The average molecular weight is 984 g/mol. The van der Waals surface area contributed by atoms with Gasteiger partial charge in [0.2, 0.25) is 0 Å². The first kappa shape index (κ1) is 52.0. The number of hydrogen-bond acceptors (Lipinski definition) is 18. The molecule has 0 aliphatic carbocycles. The Labute approximate surface area is 443 Å². The SMILES string of the molecule is O=S(=O)([O-])c1ccc2c(c1)-c1nc-2nc2[n-]c(nc3nc(nc4[n-]c(n1)c1ccc(S(=O)(=O)[O-])cc41)-c1cc(S(=O)(=O)[O-])ccc1-3)c1cc(S(=O)(=O)[O-])ccc21.[Cu+2].[Na+].[Na+].[Na+].[Na+]. The molecule has 29 heteroatoms. The summed E-state index contributed by atoms with van der Waals surface area (Å²) in [6.45, 7) is 0. The molecule has 0 fully saturated rings. The molecule has 0 amide bonds. The van der Waals surface area contributed by atoms with Crippen LogP contribution in [0.25, 0.3) is 89.7 Å². The molecule has 8 bridgehead atoms. The van der Waals surface area contributed by atoms with Gasteiger partial charge in [0.15, 0.2) is 0 Å². The van der Waals surface area contributed by atoms with Crippen molar-refractivity contribution in [3.8, 4) is 45.6 Å². The molecule has 20 nitrogen and oxygen atoms in total. The molecule has 7 aromatic rings. The largest absolute Gasteiger partial charge is 2.00 e. The number of rotatable bonds is 4. The van der Waals surface area contributed by atoms with Crippen LogP contribution in [0.15, 0.2) is 92.4 Å². The Morgan fingerprint density at radius 1 is 0.344 bits per heavy atom. The third-order valence-corrected chi connectivity index (χ3v) is 12.1. The van der Waals surface area contributed by atoms with Gasteiger partial charge in [-0.15, -0.1) is 0 Å². The molecular formula is C32H12CuN8Na4O12S4. The smallest absolute Gasteiger partial charge is 0.744 e. The number of fused-ring (bicyclic) bond motifs is 20. The number of benzene rings is 4. The molecule has 0 saturated heterocycles. The van der Waals surface area contributed by atoms with Crippen LogP contribution in [0.2, 0.25) is 0 Å². The van der Waals surface area contributed by atoms with Crippen LogP contribution in [0.1, 0.15) is 0 Å². The minimum absolute atomic E-state index is 0. The Kier molecular flexibility index (Phi) is 15.7. The summed E-state index contributed by atoms with van der Waals surface area (Å²) in [5, 5.41) is 0.169. The minimum Gasteiger partial charge on any atom is -0.744 e. The fraction of sp³-hybridized carbons (Fsp3) is 0. The molecule has 291 valence electrons. The molecule has 9 rings (SSSR count). The second kappa shape index (κ2) is 18.3. The van der Waals surface area contributed by atoms with Gasteiger partial charge in [-0.1, -0.05) is 24.3 Å². The summed E-state index contributed by atoms with van der Waals surface area (Å²) in [5.41, 5.74) is -0.712. The maximum absolute atomic E-state index is 12.1. The summed E-state index contributed by atoms with van der Waals surface area (Å²) < 4.78 is 145.